The molecule has 0 spiro atoms. The maximum atomic E-state index is 11.0. The molecule has 6 heteroatoms. The van der Waals surface area contributed by atoms with Gasteiger partial charge in [0.15, 0.2) is 0 Å². The lowest BCUT2D eigenvalue weighted by Gasteiger charge is -2.17. The molecule has 0 aliphatic rings. The molecule has 1 rings (SSSR count). The molecule has 0 atom stereocenters. The third-order valence-electron chi connectivity index (χ3n) is 2.23. The Morgan fingerprint density at radius 1 is 1.65 bits per heavy atom. The van der Waals surface area contributed by atoms with Crippen LogP contribution in [0.15, 0.2) is 30.9 Å². The van der Waals surface area contributed by atoms with Crippen LogP contribution in [-0.4, -0.2) is 22.7 Å². The molecule has 17 heavy (non-hydrogen) atoms. The maximum Gasteiger partial charge on any atom is 0.412 e. The van der Waals surface area contributed by atoms with Gasteiger partial charge in [-0.05, 0) is 13.0 Å². The van der Waals surface area contributed by atoms with Crippen molar-refractivity contribution < 1.29 is 14.8 Å². The summed E-state index contributed by atoms with van der Waals surface area (Å²) in [5.74, 6) is 0. The summed E-state index contributed by atoms with van der Waals surface area (Å²) in [7, 11) is 0. The van der Waals surface area contributed by atoms with E-state index in [0.29, 0.717) is 5.56 Å². The van der Waals surface area contributed by atoms with Crippen molar-refractivity contribution in [1.82, 2.24) is 0 Å². The molecule has 0 aliphatic carbocycles. The van der Waals surface area contributed by atoms with E-state index < -0.39 is 11.0 Å². The average molecular weight is 236 g/mol. The molecular formula is C11H12N2O4. The highest BCUT2D eigenvalue weighted by molar-refractivity contribution is 5.90. The standard InChI is InChI=1S/C11H12N2O4/c1-3-7-12(11(14)15)9-6-4-5-8(2)10(9)13(16)17/h3-6H,1,7H2,2H3,(H,14,15). The molecule has 0 radical (unpaired) electrons. The Kier molecular flexibility index (Phi) is 3.82. The van der Waals surface area contributed by atoms with Crippen LogP contribution >= 0.6 is 0 Å². The minimum absolute atomic E-state index is 0.000370. The van der Waals surface area contributed by atoms with Gasteiger partial charge in [0.2, 0.25) is 0 Å². The number of para-hydroxylation sites is 1. The molecule has 0 unspecified atom stereocenters. The zero-order chi connectivity index (χ0) is 13.0. The van der Waals surface area contributed by atoms with E-state index in [4.69, 9.17) is 5.11 Å². The second kappa shape index (κ2) is 5.11. The molecule has 1 aromatic rings. The second-order valence-electron chi connectivity index (χ2n) is 3.38. The fourth-order valence-electron chi connectivity index (χ4n) is 1.51. The van der Waals surface area contributed by atoms with Crippen LogP contribution in [0, 0.1) is 17.0 Å². The van der Waals surface area contributed by atoms with Crippen molar-refractivity contribution in [3.05, 3.63) is 46.5 Å². The van der Waals surface area contributed by atoms with Crippen LogP contribution in [0.1, 0.15) is 5.56 Å². The number of amides is 1. The quantitative estimate of drug-likeness (QED) is 0.494. The largest absolute Gasteiger partial charge is 0.465 e. The highest BCUT2D eigenvalue weighted by atomic mass is 16.6. The molecule has 0 saturated heterocycles. The SMILES string of the molecule is C=CCN(C(=O)O)c1cccc(C)c1[N+](=O)[O-]. The molecule has 1 N–H and O–H groups in total. The van der Waals surface area contributed by atoms with Crippen molar-refractivity contribution in [3.63, 3.8) is 0 Å². The molecule has 0 saturated carbocycles. The van der Waals surface area contributed by atoms with Gasteiger partial charge < -0.3 is 5.11 Å². The van der Waals surface area contributed by atoms with E-state index in [9.17, 15) is 14.9 Å². The van der Waals surface area contributed by atoms with E-state index >= 15 is 0 Å². The zero-order valence-electron chi connectivity index (χ0n) is 9.29. The van der Waals surface area contributed by atoms with Crippen LogP contribution in [0.2, 0.25) is 0 Å². The smallest absolute Gasteiger partial charge is 0.412 e. The third-order valence-corrected chi connectivity index (χ3v) is 2.23. The van der Waals surface area contributed by atoms with Crippen molar-refractivity contribution >= 4 is 17.5 Å². The summed E-state index contributed by atoms with van der Waals surface area (Å²) >= 11 is 0. The van der Waals surface area contributed by atoms with E-state index in [0.717, 1.165) is 4.90 Å². The Morgan fingerprint density at radius 2 is 2.29 bits per heavy atom. The summed E-state index contributed by atoms with van der Waals surface area (Å²) in [6.07, 6.45) is 0.124. The molecular weight excluding hydrogens is 224 g/mol. The summed E-state index contributed by atoms with van der Waals surface area (Å²) in [5, 5.41) is 19.9. The van der Waals surface area contributed by atoms with Crippen LogP contribution in [-0.2, 0) is 0 Å². The normalized spacial score (nSPS) is 9.71. The molecule has 1 aromatic carbocycles. The lowest BCUT2D eigenvalue weighted by Crippen LogP contribution is -2.29. The van der Waals surface area contributed by atoms with E-state index in [1.54, 1.807) is 19.1 Å². The Morgan fingerprint density at radius 3 is 2.76 bits per heavy atom. The van der Waals surface area contributed by atoms with Crippen LogP contribution in [0.5, 0.6) is 0 Å². The van der Waals surface area contributed by atoms with Gasteiger partial charge in [-0.2, -0.15) is 0 Å². The Hall–Kier alpha value is -2.37. The Balaban J connectivity index is 3.37. The van der Waals surface area contributed by atoms with Crippen molar-refractivity contribution in [2.75, 3.05) is 11.4 Å². The van der Waals surface area contributed by atoms with Gasteiger partial charge in [0.25, 0.3) is 5.69 Å². The number of hydrogen-bond acceptors (Lipinski definition) is 3. The average Bonchev–Trinajstić information content (AvgIpc) is 2.24. The highest BCUT2D eigenvalue weighted by Gasteiger charge is 2.24. The molecule has 6 nitrogen and oxygen atoms in total. The fraction of sp³-hybridized carbons (Fsp3) is 0.182. The number of aryl methyl sites for hydroxylation is 1. The van der Waals surface area contributed by atoms with Gasteiger partial charge in [-0.1, -0.05) is 18.2 Å². The predicted octanol–water partition coefficient (Wildman–Crippen LogP) is 2.57. The van der Waals surface area contributed by atoms with Gasteiger partial charge in [-0.25, -0.2) is 4.79 Å². The molecule has 0 fully saturated rings. The number of carbonyl (C=O) groups is 1. The van der Waals surface area contributed by atoms with Gasteiger partial charge in [0, 0.05) is 12.1 Å². The zero-order valence-corrected chi connectivity index (χ0v) is 9.29. The van der Waals surface area contributed by atoms with Crippen molar-refractivity contribution in [2.45, 2.75) is 6.92 Å². The van der Waals surface area contributed by atoms with Crippen molar-refractivity contribution in [3.8, 4) is 0 Å². The number of nitro groups is 1. The molecule has 0 aromatic heterocycles. The summed E-state index contributed by atoms with van der Waals surface area (Å²) in [6, 6.07) is 4.55. The summed E-state index contributed by atoms with van der Waals surface area (Å²) in [5.41, 5.74) is 0.280. The van der Waals surface area contributed by atoms with Crippen LogP contribution in [0.3, 0.4) is 0 Å². The van der Waals surface area contributed by atoms with E-state index in [-0.39, 0.29) is 17.9 Å². The first kappa shape index (κ1) is 12.7. The molecule has 1 amide bonds. The van der Waals surface area contributed by atoms with Gasteiger partial charge in [0.1, 0.15) is 5.69 Å². The third kappa shape index (κ3) is 2.60. The van der Waals surface area contributed by atoms with Crippen LogP contribution in [0.4, 0.5) is 16.2 Å². The van der Waals surface area contributed by atoms with Crippen LogP contribution in [0.25, 0.3) is 0 Å². The first-order chi connectivity index (χ1) is 7.99. The summed E-state index contributed by atoms with van der Waals surface area (Å²) < 4.78 is 0. The van der Waals surface area contributed by atoms with E-state index in [2.05, 4.69) is 6.58 Å². The Bertz CT molecular complexity index is 471. The Labute approximate surface area is 97.9 Å². The van der Waals surface area contributed by atoms with Gasteiger partial charge in [-0.3, -0.25) is 15.0 Å². The van der Waals surface area contributed by atoms with Gasteiger partial charge >= 0.3 is 6.09 Å². The number of rotatable bonds is 4. The maximum absolute atomic E-state index is 11.0. The lowest BCUT2D eigenvalue weighted by atomic mass is 10.1. The van der Waals surface area contributed by atoms with Crippen molar-refractivity contribution in [2.24, 2.45) is 0 Å². The summed E-state index contributed by atoms with van der Waals surface area (Å²) in [4.78, 5) is 22.3. The fourth-order valence-corrected chi connectivity index (χ4v) is 1.51. The summed E-state index contributed by atoms with van der Waals surface area (Å²) in [6.45, 7) is 5.00. The minimum Gasteiger partial charge on any atom is -0.465 e. The molecule has 0 heterocycles. The number of benzene rings is 1. The number of carboxylic acid groups (broad SMARTS) is 1. The number of hydrogen-bond donors (Lipinski definition) is 1. The lowest BCUT2D eigenvalue weighted by molar-refractivity contribution is -0.384. The van der Waals surface area contributed by atoms with E-state index in [1.807, 2.05) is 0 Å². The first-order valence-corrected chi connectivity index (χ1v) is 4.84. The minimum atomic E-state index is -1.25. The first-order valence-electron chi connectivity index (χ1n) is 4.84. The molecule has 0 aliphatic heterocycles. The monoisotopic (exact) mass is 236 g/mol. The predicted molar refractivity (Wildman–Crippen MR) is 63.4 cm³/mol. The van der Waals surface area contributed by atoms with E-state index in [1.165, 1.54) is 12.1 Å². The molecule has 0 bridgehead atoms. The van der Waals surface area contributed by atoms with Gasteiger partial charge in [-0.15, -0.1) is 6.58 Å². The second-order valence-corrected chi connectivity index (χ2v) is 3.38. The topological polar surface area (TPSA) is 83.7 Å². The van der Waals surface area contributed by atoms with Crippen LogP contribution < -0.4 is 4.90 Å². The van der Waals surface area contributed by atoms with Crippen molar-refractivity contribution in [1.29, 1.82) is 0 Å². The highest BCUT2D eigenvalue weighted by Crippen LogP contribution is 2.31. The number of nitrogens with zero attached hydrogens (tertiary/aromatic N) is 2. The number of anilines is 1. The molecule has 90 valence electrons. The van der Waals surface area contributed by atoms with Gasteiger partial charge in [0.05, 0.1) is 4.92 Å². The number of nitro benzene ring substituents is 1.